The molecular formula is C23H25O5P. The Morgan fingerprint density at radius 1 is 1.00 bits per heavy atom. The maximum atomic E-state index is 12.6. The third kappa shape index (κ3) is 5.54. The van der Waals surface area contributed by atoms with Crippen LogP contribution in [-0.4, -0.2) is 22.1 Å². The lowest BCUT2D eigenvalue weighted by molar-refractivity contribution is -0.146. The highest BCUT2D eigenvalue weighted by Gasteiger charge is 2.32. The molecule has 0 radical (unpaired) electrons. The normalized spacial score (nSPS) is 15.5. The summed E-state index contributed by atoms with van der Waals surface area (Å²) < 4.78 is 17.9. The summed E-state index contributed by atoms with van der Waals surface area (Å²) in [5.74, 6) is -1.34. The SMILES string of the molecule is CCC(CC(OP(=O)(O)Cc1ccccc1)C(=O)O)c1cccc2ccccc12. The van der Waals surface area contributed by atoms with Crippen LogP contribution in [0.1, 0.15) is 36.8 Å². The fraction of sp³-hybridized carbons (Fsp3) is 0.261. The lowest BCUT2D eigenvalue weighted by Crippen LogP contribution is -2.25. The number of fused-ring (bicyclic) bond motifs is 1. The van der Waals surface area contributed by atoms with Gasteiger partial charge in [-0.05, 0) is 40.7 Å². The maximum Gasteiger partial charge on any atom is 0.333 e. The highest BCUT2D eigenvalue weighted by atomic mass is 31.2. The first kappa shape index (κ1) is 21.3. The second kappa shape index (κ2) is 9.36. The third-order valence-corrected chi connectivity index (χ3v) is 6.40. The molecule has 29 heavy (non-hydrogen) atoms. The van der Waals surface area contributed by atoms with E-state index in [0.29, 0.717) is 12.0 Å². The Morgan fingerprint density at radius 2 is 1.66 bits per heavy atom. The summed E-state index contributed by atoms with van der Waals surface area (Å²) in [6.07, 6.45) is -0.768. The summed E-state index contributed by atoms with van der Waals surface area (Å²) in [5.41, 5.74) is 1.65. The zero-order valence-electron chi connectivity index (χ0n) is 16.3. The van der Waals surface area contributed by atoms with Gasteiger partial charge in [-0.25, -0.2) is 4.79 Å². The molecule has 2 N–H and O–H groups in total. The summed E-state index contributed by atoms with van der Waals surface area (Å²) >= 11 is 0. The second-order valence-corrected chi connectivity index (χ2v) is 8.92. The highest BCUT2D eigenvalue weighted by Crippen LogP contribution is 2.48. The standard InChI is InChI=1S/C23H25O5P/c1-2-18(20-14-8-12-19-11-6-7-13-21(19)20)15-22(23(24)25)28-29(26,27)16-17-9-4-3-5-10-17/h3-14,18,22H,2,15-16H2,1H3,(H,24,25)(H,26,27). The van der Waals surface area contributed by atoms with Gasteiger partial charge in [0.2, 0.25) is 0 Å². The maximum absolute atomic E-state index is 12.6. The summed E-state index contributed by atoms with van der Waals surface area (Å²) in [6.45, 7) is 1.98. The Balaban J connectivity index is 1.81. The number of carbonyl (C=O) groups is 1. The van der Waals surface area contributed by atoms with Gasteiger partial charge in [-0.3, -0.25) is 9.09 Å². The van der Waals surface area contributed by atoms with E-state index in [1.807, 2.05) is 55.5 Å². The number of benzene rings is 3. The molecule has 3 aromatic rings. The summed E-state index contributed by atoms with van der Waals surface area (Å²) in [7, 11) is -4.11. The molecule has 6 heteroatoms. The van der Waals surface area contributed by atoms with Crippen LogP contribution in [0.4, 0.5) is 0 Å². The number of hydrogen-bond donors (Lipinski definition) is 2. The third-order valence-electron chi connectivity index (χ3n) is 5.05. The van der Waals surface area contributed by atoms with Gasteiger partial charge >= 0.3 is 13.6 Å². The van der Waals surface area contributed by atoms with E-state index in [-0.39, 0.29) is 18.5 Å². The second-order valence-electron chi connectivity index (χ2n) is 7.12. The van der Waals surface area contributed by atoms with Gasteiger partial charge in [-0.15, -0.1) is 0 Å². The molecular weight excluding hydrogens is 387 g/mol. The zero-order valence-corrected chi connectivity index (χ0v) is 17.2. The Bertz CT molecular complexity index is 1010. The molecule has 3 aromatic carbocycles. The molecule has 0 spiro atoms. The van der Waals surface area contributed by atoms with Gasteiger partial charge in [0, 0.05) is 0 Å². The first-order valence-electron chi connectivity index (χ1n) is 9.64. The van der Waals surface area contributed by atoms with Crippen molar-refractivity contribution in [2.75, 3.05) is 0 Å². The van der Waals surface area contributed by atoms with Crippen molar-refractivity contribution in [1.82, 2.24) is 0 Å². The lowest BCUT2D eigenvalue weighted by Gasteiger charge is -2.24. The quantitative estimate of drug-likeness (QED) is 0.448. The fourth-order valence-electron chi connectivity index (χ4n) is 3.62. The van der Waals surface area contributed by atoms with Crippen molar-refractivity contribution in [2.45, 2.75) is 37.9 Å². The number of aliphatic carboxylic acids is 1. The Hall–Kier alpha value is -2.46. The van der Waals surface area contributed by atoms with E-state index in [9.17, 15) is 19.4 Å². The summed E-state index contributed by atoms with van der Waals surface area (Å²) in [5, 5.41) is 11.8. The Labute approximate surface area is 170 Å². The van der Waals surface area contributed by atoms with Crippen LogP contribution >= 0.6 is 7.60 Å². The lowest BCUT2D eigenvalue weighted by atomic mass is 9.87. The van der Waals surface area contributed by atoms with Crippen LogP contribution in [0.2, 0.25) is 0 Å². The van der Waals surface area contributed by atoms with E-state index >= 15 is 0 Å². The molecule has 0 fully saturated rings. The molecule has 0 bridgehead atoms. The van der Waals surface area contributed by atoms with E-state index in [1.54, 1.807) is 24.3 Å². The minimum atomic E-state index is -4.11. The average Bonchev–Trinajstić information content (AvgIpc) is 2.71. The molecule has 0 aliphatic rings. The number of rotatable bonds is 9. The van der Waals surface area contributed by atoms with E-state index < -0.39 is 19.7 Å². The molecule has 0 aromatic heterocycles. The highest BCUT2D eigenvalue weighted by molar-refractivity contribution is 7.52. The van der Waals surface area contributed by atoms with Gasteiger partial charge in [-0.2, -0.15) is 0 Å². The van der Waals surface area contributed by atoms with Crippen molar-refractivity contribution in [3.05, 3.63) is 83.9 Å². The van der Waals surface area contributed by atoms with Gasteiger partial charge in [0.05, 0.1) is 6.16 Å². The minimum Gasteiger partial charge on any atom is -0.479 e. The fourth-order valence-corrected chi connectivity index (χ4v) is 4.94. The van der Waals surface area contributed by atoms with Crippen LogP contribution in [0.25, 0.3) is 10.8 Å². The molecule has 0 aliphatic heterocycles. The minimum absolute atomic E-state index is 0.112. The Morgan fingerprint density at radius 3 is 2.34 bits per heavy atom. The van der Waals surface area contributed by atoms with Crippen molar-refractivity contribution in [3.8, 4) is 0 Å². The van der Waals surface area contributed by atoms with E-state index in [2.05, 4.69) is 0 Å². The van der Waals surface area contributed by atoms with Gasteiger partial charge in [-0.1, -0.05) is 79.7 Å². The average molecular weight is 412 g/mol. The molecule has 0 saturated heterocycles. The number of carboxylic acid groups (broad SMARTS) is 1. The molecule has 3 rings (SSSR count). The molecule has 0 heterocycles. The van der Waals surface area contributed by atoms with Gasteiger partial charge in [0.15, 0.2) is 6.10 Å². The zero-order chi connectivity index (χ0) is 20.9. The molecule has 5 nitrogen and oxygen atoms in total. The van der Waals surface area contributed by atoms with Crippen LogP contribution in [0.15, 0.2) is 72.8 Å². The number of hydrogen-bond acceptors (Lipinski definition) is 3. The summed E-state index contributed by atoms with van der Waals surface area (Å²) in [4.78, 5) is 22.1. The molecule has 0 saturated carbocycles. The van der Waals surface area contributed by atoms with Crippen LogP contribution in [-0.2, 0) is 20.0 Å². The smallest absolute Gasteiger partial charge is 0.333 e. The predicted octanol–water partition coefficient (Wildman–Crippen LogP) is 5.58. The monoisotopic (exact) mass is 412 g/mol. The predicted molar refractivity (Wildman–Crippen MR) is 114 cm³/mol. The van der Waals surface area contributed by atoms with E-state index in [4.69, 9.17) is 4.52 Å². The largest absolute Gasteiger partial charge is 0.479 e. The van der Waals surface area contributed by atoms with Crippen molar-refractivity contribution in [3.63, 3.8) is 0 Å². The first-order chi connectivity index (χ1) is 13.9. The molecule has 3 unspecified atom stereocenters. The van der Waals surface area contributed by atoms with Crippen LogP contribution < -0.4 is 0 Å². The van der Waals surface area contributed by atoms with Crippen LogP contribution in [0, 0.1) is 0 Å². The van der Waals surface area contributed by atoms with Gasteiger partial charge < -0.3 is 10.00 Å². The molecule has 152 valence electrons. The summed E-state index contributed by atoms with van der Waals surface area (Å²) in [6, 6.07) is 22.6. The van der Waals surface area contributed by atoms with Crippen molar-refractivity contribution in [2.24, 2.45) is 0 Å². The molecule has 3 atom stereocenters. The van der Waals surface area contributed by atoms with Gasteiger partial charge in [0.25, 0.3) is 0 Å². The first-order valence-corrected chi connectivity index (χ1v) is 11.4. The van der Waals surface area contributed by atoms with Crippen LogP contribution in [0.3, 0.4) is 0 Å². The van der Waals surface area contributed by atoms with Crippen LogP contribution in [0.5, 0.6) is 0 Å². The Kier molecular flexibility index (Phi) is 6.86. The molecule has 0 amide bonds. The van der Waals surface area contributed by atoms with E-state index in [0.717, 1.165) is 16.3 Å². The topological polar surface area (TPSA) is 83.8 Å². The van der Waals surface area contributed by atoms with Crippen molar-refractivity contribution in [1.29, 1.82) is 0 Å². The molecule has 0 aliphatic carbocycles. The van der Waals surface area contributed by atoms with Crippen molar-refractivity contribution < 1.29 is 23.9 Å². The van der Waals surface area contributed by atoms with Gasteiger partial charge in [0.1, 0.15) is 0 Å². The van der Waals surface area contributed by atoms with E-state index in [1.165, 1.54) is 0 Å². The number of carboxylic acids is 1. The van der Waals surface area contributed by atoms with Crippen molar-refractivity contribution >= 4 is 24.3 Å².